The lowest BCUT2D eigenvalue weighted by Crippen LogP contribution is -1.99. The van der Waals surface area contributed by atoms with E-state index in [1.807, 2.05) is 41.8 Å². The van der Waals surface area contributed by atoms with Gasteiger partial charge in [-0.1, -0.05) is 23.3 Å². The van der Waals surface area contributed by atoms with E-state index >= 15 is 0 Å². The second kappa shape index (κ2) is 6.19. The van der Waals surface area contributed by atoms with Crippen LogP contribution in [0.1, 0.15) is 5.56 Å². The van der Waals surface area contributed by atoms with Crippen molar-refractivity contribution in [3.63, 3.8) is 0 Å². The first kappa shape index (κ1) is 14.0. The lowest BCUT2D eigenvalue weighted by molar-refractivity contribution is 0.582. The molecule has 0 bridgehead atoms. The summed E-state index contributed by atoms with van der Waals surface area (Å²) < 4.78 is 16.9. The first-order chi connectivity index (χ1) is 10.2. The molecule has 0 aliphatic carbocycles. The second-order valence-corrected chi connectivity index (χ2v) is 6.67. The average molecular weight is 319 g/mol. The molecule has 1 N–H and O–H groups in total. The molecule has 7 heteroatoms. The van der Waals surface area contributed by atoms with E-state index in [2.05, 4.69) is 15.5 Å². The maximum absolute atomic E-state index is 11.3. The Bertz CT molecular complexity index is 736. The van der Waals surface area contributed by atoms with E-state index in [9.17, 15) is 4.21 Å². The highest BCUT2D eigenvalue weighted by Gasteiger charge is 2.08. The number of aromatic nitrogens is 2. The topological polar surface area (TPSA) is 68.0 Å². The standard InChI is InChI=1S/C14H13N3O2S2/c1-21(18)11-6-4-10(5-7-11)9-15-14-17-16-13(19-14)12-3-2-8-20-12/h2-8H,9H2,1H3,(H,15,17). The molecule has 0 aliphatic rings. The molecule has 0 fully saturated rings. The maximum Gasteiger partial charge on any atom is 0.316 e. The third kappa shape index (κ3) is 3.37. The fourth-order valence-electron chi connectivity index (χ4n) is 1.77. The van der Waals surface area contributed by atoms with Crippen LogP contribution in [0.3, 0.4) is 0 Å². The summed E-state index contributed by atoms with van der Waals surface area (Å²) in [5.41, 5.74) is 1.06. The molecule has 0 saturated heterocycles. The molecular weight excluding hydrogens is 306 g/mol. The van der Waals surface area contributed by atoms with Gasteiger partial charge >= 0.3 is 6.01 Å². The summed E-state index contributed by atoms with van der Waals surface area (Å²) in [5, 5.41) is 13.0. The number of nitrogens with one attached hydrogen (secondary N) is 1. The maximum atomic E-state index is 11.3. The van der Waals surface area contributed by atoms with Crippen LogP contribution >= 0.6 is 11.3 Å². The first-order valence-electron chi connectivity index (χ1n) is 6.26. The fraction of sp³-hybridized carbons (Fsp3) is 0.143. The zero-order valence-electron chi connectivity index (χ0n) is 11.3. The van der Waals surface area contributed by atoms with Crippen LogP contribution in [0.5, 0.6) is 0 Å². The van der Waals surface area contributed by atoms with E-state index in [0.717, 1.165) is 15.3 Å². The van der Waals surface area contributed by atoms with Gasteiger partial charge in [0.2, 0.25) is 0 Å². The van der Waals surface area contributed by atoms with Gasteiger partial charge in [-0.05, 0) is 29.1 Å². The first-order valence-corrected chi connectivity index (χ1v) is 8.70. The highest BCUT2D eigenvalue weighted by molar-refractivity contribution is 7.84. The van der Waals surface area contributed by atoms with Gasteiger partial charge in [-0.25, -0.2) is 0 Å². The van der Waals surface area contributed by atoms with E-state index < -0.39 is 10.8 Å². The van der Waals surface area contributed by atoms with E-state index in [0.29, 0.717) is 18.5 Å². The number of anilines is 1. The second-order valence-electron chi connectivity index (χ2n) is 4.34. The van der Waals surface area contributed by atoms with Crippen LogP contribution in [0.15, 0.2) is 51.1 Å². The number of nitrogens with zero attached hydrogens (tertiary/aromatic N) is 2. The van der Waals surface area contributed by atoms with Crippen molar-refractivity contribution in [3.8, 4) is 10.8 Å². The smallest absolute Gasteiger partial charge is 0.316 e. The van der Waals surface area contributed by atoms with E-state index in [-0.39, 0.29) is 0 Å². The van der Waals surface area contributed by atoms with Gasteiger partial charge in [0, 0.05) is 28.5 Å². The van der Waals surface area contributed by atoms with E-state index in [1.54, 1.807) is 17.6 Å². The Kier molecular flexibility index (Phi) is 4.12. The molecule has 1 aromatic carbocycles. The molecule has 0 amide bonds. The van der Waals surface area contributed by atoms with Crippen LogP contribution in [0.2, 0.25) is 0 Å². The van der Waals surface area contributed by atoms with Gasteiger partial charge in [-0.2, -0.15) is 0 Å². The van der Waals surface area contributed by atoms with Crippen molar-refractivity contribution in [1.82, 2.24) is 10.2 Å². The molecule has 21 heavy (non-hydrogen) atoms. The van der Waals surface area contributed by atoms with Gasteiger partial charge in [0.15, 0.2) is 0 Å². The third-order valence-corrected chi connectivity index (χ3v) is 4.65. The predicted octanol–water partition coefficient (Wildman–Crippen LogP) is 3.15. The van der Waals surface area contributed by atoms with E-state index in [4.69, 9.17) is 4.42 Å². The Balaban J connectivity index is 1.64. The molecule has 0 spiro atoms. The summed E-state index contributed by atoms with van der Waals surface area (Å²) in [6.45, 7) is 0.572. The lowest BCUT2D eigenvalue weighted by atomic mass is 10.2. The molecule has 108 valence electrons. The number of benzene rings is 1. The number of rotatable bonds is 5. The molecular formula is C14H13N3O2S2. The Labute approximate surface area is 128 Å². The summed E-state index contributed by atoms with van der Waals surface area (Å²) in [4.78, 5) is 1.77. The van der Waals surface area contributed by atoms with Crippen LogP contribution in [0.25, 0.3) is 10.8 Å². The van der Waals surface area contributed by atoms with Crippen molar-refractivity contribution in [2.75, 3.05) is 11.6 Å². The fourth-order valence-corrected chi connectivity index (χ4v) is 2.93. The Morgan fingerprint density at radius 3 is 2.71 bits per heavy atom. The predicted molar refractivity (Wildman–Crippen MR) is 83.7 cm³/mol. The Morgan fingerprint density at radius 1 is 1.24 bits per heavy atom. The third-order valence-electron chi connectivity index (χ3n) is 2.86. The van der Waals surface area contributed by atoms with Crippen molar-refractivity contribution in [2.45, 2.75) is 11.4 Å². The SMILES string of the molecule is CS(=O)c1ccc(CNc2nnc(-c3cccs3)o2)cc1. The summed E-state index contributed by atoms with van der Waals surface area (Å²) >= 11 is 1.56. The molecule has 1 atom stereocenters. The van der Waals surface area contributed by atoms with Gasteiger partial charge in [0.1, 0.15) is 0 Å². The highest BCUT2D eigenvalue weighted by atomic mass is 32.2. The molecule has 2 heterocycles. The largest absolute Gasteiger partial charge is 0.403 e. The van der Waals surface area contributed by atoms with Crippen molar-refractivity contribution >= 4 is 28.2 Å². The molecule has 1 unspecified atom stereocenters. The normalized spacial score (nSPS) is 12.2. The molecule has 0 saturated carbocycles. The Morgan fingerprint density at radius 2 is 2.05 bits per heavy atom. The summed E-state index contributed by atoms with van der Waals surface area (Å²) in [5.74, 6) is 0.518. The molecule has 2 aromatic heterocycles. The summed E-state index contributed by atoms with van der Waals surface area (Å²) in [6, 6.07) is 11.8. The summed E-state index contributed by atoms with van der Waals surface area (Å²) in [6.07, 6.45) is 1.66. The van der Waals surface area contributed by atoms with Gasteiger partial charge in [0.05, 0.1) is 4.88 Å². The highest BCUT2D eigenvalue weighted by Crippen LogP contribution is 2.24. The minimum Gasteiger partial charge on any atom is -0.403 e. The molecule has 0 aliphatic heterocycles. The molecule has 0 radical (unpaired) electrons. The van der Waals surface area contributed by atoms with Crippen molar-refractivity contribution in [3.05, 3.63) is 47.3 Å². The number of thiophene rings is 1. The molecule has 5 nitrogen and oxygen atoms in total. The van der Waals surface area contributed by atoms with E-state index in [1.165, 1.54) is 0 Å². The minimum atomic E-state index is -0.951. The number of hydrogen-bond donors (Lipinski definition) is 1. The minimum absolute atomic E-state index is 0.390. The molecule has 3 aromatic rings. The van der Waals surface area contributed by atoms with Crippen LogP contribution in [0.4, 0.5) is 6.01 Å². The zero-order valence-corrected chi connectivity index (χ0v) is 12.9. The van der Waals surface area contributed by atoms with Crippen molar-refractivity contribution in [1.29, 1.82) is 0 Å². The van der Waals surface area contributed by atoms with Crippen LogP contribution in [-0.4, -0.2) is 20.7 Å². The zero-order chi connectivity index (χ0) is 14.7. The van der Waals surface area contributed by atoms with Crippen LogP contribution in [0, 0.1) is 0 Å². The van der Waals surface area contributed by atoms with Gasteiger partial charge < -0.3 is 9.73 Å². The van der Waals surface area contributed by atoms with Gasteiger partial charge in [-0.3, -0.25) is 4.21 Å². The summed E-state index contributed by atoms with van der Waals surface area (Å²) in [7, 11) is -0.951. The average Bonchev–Trinajstić information content (AvgIpc) is 3.16. The van der Waals surface area contributed by atoms with Gasteiger partial charge in [-0.15, -0.1) is 16.4 Å². The quantitative estimate of drug-likeness (QED) is 0.782. The Hall–Kier alpha value is -1.99. The van der Waals surface area contributed by atoms with Crippen LogP contribution < -0.4 is 5.32 Å². The monoisotopic (exact) mass is 319 g/mol. The van der Waals surface area contributed by atoms with Gasteiger partial charge in [0.25, 0.3) is 5.89 Å². The lowest BCUT2D eigenvalue weighted by Gasteiger charge is -2.02. The number of hydrogen-bond acceptors (Lipinski definition) is 6. The van der Waals surface area contributed by atoms with Crippen molar-refractivity contribution in [2.24, 2.45) is 0 Å². The van der Waals surface area contributed by atoms with Crippen molar-refractivity contribution < 1.29 is 8.63 Å². The van der Waals surface area contributed by atoms with Crippen LogP contribution in [-0.2, 0) is 17.3 Å². The molecule has 3 rings (SSSR count).